The normalized spacial score (nSPS) is 13.9. The third-order valence-electron chi connectivity index (χ3n) is 22.4. The van der Waals surface area contributed by atoms with Gasteiger partial charge in [0.15, 0.2) is 12.2 Å². The molecule has 17 nitrogen and oxygen atoms in total. The molecule has 0 aliphatic carbocycles. The predicted octanol–water partition coefficient (Wildman–Crippen LogP) is 29.1. The average Bonchev–Trinajstić information content (AvgIpc) is 0.900. The molecule has 0 heterocycles. The predicted molar refractivity (Wildman–Crippen MR) is 465 cm³/mol. The first-order valence-electron chi connectivity index (χ1n) is 48.2. The second-order valence-corrected chi connectivity index (χ2v) is 36.6. The number of carbonyl (C=O) groups is 4. The molecule has 0 spiro atoms. The van der Waals surface area contributed by atoms with E-state index in [0.29, 0.717) is 25.7 Å². The number of carbonyl (C=O) groups excluding carboxylic acids is 4. The lowest BCUT2D eigenvalue weighted by molar-refractivity contribution is -0.161. The van der Waals surface area contributed by atoms with Crippen molar-refractivity contribution >= 4 is 39.5 Å². The summed E-state index contributed by atoms with van der Waals surface area (Å²) in [5, 5.41) is 10.7. The van der Waals surface area contributed by atoms with E-state index in [1.54, 1.807) is 0 Å². The van der Waals surface area contributed by atoms with E-state index in [9.17, 15) is 43.2 Å². The van der Waals surface area contributed by atoms with Crippen molar-refractivity contribution in [1.29, 1.82) is 0 Å². The van der Waals surface area contributed by atoms with Gasteiger partial charge in [-0.3, -0.25) is 37.3 Å². The minimum absolute atomic E-state index is 0.109. The van der Waals surface area contributed by atoms with Gasteiger partial charge in [0, 0.05) is 25.7 Å². The summed E-state index contributed by atoms with van der Waals surface area (Å²) < 4.78 is 69.1. The Labute approximate surface area is 689 Å². The van der Waals surface area contributed by atoms with Gasteiger partial charge < -0.3 is 33.8 Å². The number of rotatable bonds is 93. The molecule has 666 valence electrons. The first-order chi connectivity index (χ1) is 54.6. The first-order valence-corrected chi connectivity index (χ1v) is 51.2. The van der Waals surface area contributed by atoms with Gasteiger partial charge >= 0.3 is 39.5 Å². The largest absolute Gasteiger partial charge is 0.472 e. The monoisotopic (exact) mass is 1630 g/mol. The molecule has 0 radical (unpaired) electrons. The second kappa shape index (κ2) is 85.5. The smallest absolute Gasteiger partial charge is 0.462 e. The summed E-state index contributed by atoms with van der Waals surface area (Å²) in [4.78, 5) is 73.4. The van der Waals surface area contributed by atoms with Gasteiger partial charge in [-0.25, -0.2) is 9.13 Å². The molecule has 0 amide bonds. The molecule has 3 unspecified atom stereocenters. The van der Waals surface area contributed by atoms with Crippen molar-refractivity contribution < 1.29 is 80.2 Å². The Balaban J connectivity index is 5.21. The Morgan fingerprint density at radius 1 is 0.250 bits per heavy atom. The number of aliphatic hydroxyl groups is 1. The summed E-state index contributed by atoms with van der Waals surface area (Å²) >= 11 is 0. The number of unbranched alkanes of at least 4 members (excludes halogenated alkanes) is 64. The molecule has 0 aromatic carbocycles. The van der Waals surface area contributed by atoms with Crippen LogP contribution in [0, 0.1) is 5.92 Å². The summed E-state index contributed by atoms with van der Waals surface area (Å²) in [6.07, 6.45) is 82.1. The number of phosphoric acid groups is 2. The molecular formula is C93H182O17P2. The van der Waals surface area contributed by atoms with Gasteiger partial charge in [0.05, 0.1) is 26.4 Å². The van der Waals surface area contributed by atoms with Crippen molar-refractivity contribution in [3.8, 4) is 0 Å². The van der Waals surface area contributed by atoms with E-state index in [1.165, 1.54) is 334 Å². The van der Waals surface area contributed by atoms with Crippen LogP contribution in [0.5, 0.6) is 0 Å². The van der Waals surface area contributed by atoms with Crippen molar-refractivity contribution in [3.63, 3.8) is 0 Å². The Morgan fingerprint density at radius 2 is 0.429 bits per heavy atom. The van der Waals surface area contributed by atoms with Crippen LogP contribution in [-0.4, -0.2) is 96.7 Å². The van der Waals surface area contributed by atoms with Gasteiger partial charge in [-0.15, -0.1) is 0 Å². The highest BCUT2D eigenvalue weighted by atomic mass is 31.2. The average molecular weight is 1630 g/mol. The molecular weight excluding hydrogens is 1450 g/mol. The molecule has 0 aromatic heterocycles. The zero-order valence-corrected chi connectivity index (χ0v) is 75.6. The van der Waals surface area contributed by atoms with Crippen LogP contribution >= 0.6 is 15.6 Å². The van der Waals surface area contributed by atoms with Crippen LogP contribution in [0.1, 0.15) is 510 Å². The second-order valence-electron chi connectivity index (χ2n) is 33.6. The first kappa shape index (κ1) is 110. The Hall–Kier alpha value is -1.94. The van der Waals surface area contributed by atoms with Crippen LogP contribution in [-0.2, 0) is 65.4 Å². The maximum absolute atomic E-state index is 13.2. The highest BCUT2D eigenvalue weighted by Gasteiger charge is 2.31. The number of ether oxygens (including phenoxy) is 4. The highest BCUT2D eigenvalue weighted by molar-refractivity contribution is 7.47. The van der Waals surface area contributed by atoms with Gasteiger partial charge in [0.25, 0.3) is 0 Å². The Morgan fingerprint density at radius 3 is 0.634 bits per heavy atom. The topological polar surface area (TPSA) is 237 Å². The minimum Gasteiger partial charge on any atom is -0.462 e. The van der Waals surface area contributed by atoms with E-state index >= 15 is 0 Å². The van der Waals surface area contributed by atoms with Crippen molar-refractivity contribution in [3.05, 3.63) is 0 Å². The molecule has 112 heavy (non-hydrogen) atoms. The Kier molecular flexibility index (Phi) is 84.0. The van der Waals surface area contributed by atoms with Crippen LogP contribution in [0.4, 0.5) is 0 Å². The van der Waals surface area contributed by atoms with Crippen LogP contribution in [0.15, 0.2) is 0 Å². The number of esters is 4. The number of hydrogen-bond acceptors (Lipinski definition) is 15. The van der Waals surface area contributed by atoms with Crippen LogP contribution in [0.3, 0.4) is 0 Å². The van der Waals surface area contributed by atoms with Crippen LogP contribution in [0.25, 0.3) is 0 Å². The summed E-state index contributed by atoms with van der Waals surface area (Å²) in [5.74, 6) is -1.22. The van der Waals surface area contributed by atoms with Gasteiger partial charge in [0.2, 0.25) is 0 Å². The maximum atomic E-state index is 13.2. The minimum atomic E-state index is -4.97. The summed E-state index contributed by atoms with van der Waals surface area (Å²) in [6.45, 7) is 7.46. The van der Waals surface area contributed by atoms with E-state index < -0.39 is 97.5 Å². The van der Waals surface area contributed by atoms with Crippen LogP contribution in [0.2, 0.25) is 0 Å². The van der Waals surface area contributed by atoms with Crippen molar-refractivity contribution in [2.24, 2.45) is 5.92 Å². The van der Waals surface area contributed by atoms with E-state index in [0.717, 1.165) is 95.8 Å². The molecule has 0 bridgehead atoms. The molecule has 0 aliphatic rings. The van der Waals surface area contributed by atoms with Crippen molar-refractivity contribution in [2.45, 2.75) is 528 Å². The molecule has 3 N–H and O–H groups in total. The highest BCUT2D eigenvalue weighted by Crippen LogP contribution is 2.45. The Bertz CT molecular complexity index is 2120. The van der Waals surface area contributed by atoms with E-state index in [1.807, 2.05) is 0 Å². The number of aliphatic hydroxyl groups excluding tert-OH is 1. The van der Waals surface area contributed by atoms with Gasteiger partial charge in [-0.1, -0.05) is 458 Å². The fourth-order valence-electron chi connectivity index (χ4n) is 14.7. The SMILES string of the molecule is CCCCCCCCCCCCCCCCCCCCCCCC(=O)OC[C@H](COP(=O)(O)OC[C@@H](O)COP(=O)(O)OC[C@@H](COC(=O)CCCCCCCCCCCC)OC(=O)CCCCCCCCCCCCCCCCCCCCC)OC(=O)CCCCCCCCCCCCCCCCCCCCC(C)CC. The molecule has 19 heteroatoms. The van der Waals surface area contributed by atoms with Gasteiger partial charge in [-0.05, 0) is 31.6 Å². The third-order valence-corrected chi connectivity index (χ3v) is 24.3. The van der Waals surface area contributed by atoms with E-state index in [-0.39, 0.29) is 25.7 Å². The molecule has 0 saturated carbocycles. The van der Waals surface area contributed by atoms with E-state index in [2.05, 4.69) is 34.6 Å². The molecule has 6 atom stereocenters. The van der Waals surface area contributed by atoms with Gasteiger partial charge in [0.1, 0.15) is 19.3 Å². The quantitative estimate of drug-likeness (QED) is 0.0222. The van der Waals surface area contributed by atoms with E-state index in [4.69, 9.17) is 37.0 Å². The zero-order valence-electron chi connectivity index (χ0n) is 73.8. The van der Waals surface area contributed by atoms with Crippen molar-refractivity contribution in [2.75, 3.05) is 39.6 Å². The molecule has 0 rings (SSSR count). The molecule has 0 saturated heterocycles. The number of phosphoric ester groups is 2. The molecule has 0 aliphatic heterocycles. The summed E-state index contributed by atoms with van der Waals surface area (Å²) in [6, 6.07) is 0. The summed E-state index contributed by atoms with van der Waals surface area (Å²) in [5.41, 5.74) is 0. The summed E-state index contributed by atoms with van der Waals surface area (Å²) in [7, 11) is -9.94. The number of hydrogen-bond donors (Lipinski definition) is 3. The third kappa shape index (κ3) is 84.5. The fourth-order valence-corrected chi connectivity index (χ4v) is 16.3. The van der Waals surface area contributed by atoms with Crippen LogP contribution < -0.4 is 0 Å². The lowest BCUT2D eigenvalue weighted by atomic mass is 9.99. The standard InChI is InChI=1S/C93H182O17P2/c1-6-10-13-16-19-22-25-27-29-31-33-34-36-40-44-48-52-57-62-67-72-77-91(96)104-83-89(110-93(98)79-74-69-64-59-54-50-46-42-38-37-39-43-47-51-55-60-65-70-75-86(5)9-4)85-108-112(101,102)106-81-87(94)80-105-111(99,100)107-84-88(82-103-90(95)76-71-66-61-56-24-21-18-15-12-8-3)109-92(97)78-73-68-63-58-53-49-45-41-35-32-30-28-26-23-20-17-14-11-7-2/h86-89,94H,6-85H2,1-5H3,(H,99,100)(H,101,102)/t86?,87-,88+,89+/m0/s1. The van der Waals surface area contributed by atoms with Gasteiger partial charge in [-0.2, -0.15) is 0 Å². The molecule has 0 aromatic rings. The van der Waals surface area contributed by atoms with Crippen molar-refractivity contribution in [1.82, 2.24) is 0 Å². The molecule has 0 fully saturated rings. The zero-order chi connectivity index (χ0) is 81.8. The maximum Gasteiger partial charge on any atom is 0.472 e. The lowest BCUT2D eigenvalue weighted by Gasteiger charge is -2.21. The lowest BCUT2D eigenvalue weighted by Crippen LogP contribution is -2.30. The fraction of sp³-hybridized carbons (Fsp3) is 0.957.